The average Bonchev–Trinajstić information content (AvgIpc) is 2.66. The van der Waals surface area contributed by atoms with Crippen molar-refractivity contribution in [3.63, 3.8) is 0 Å². The van der Waals surface area contributed by atoms with Gasteiger partial charge < -0.3 is 4.74 Å². The van der Waals surface area contributed by atoms with Crippen molar-refractivity contribution in [1.29, 1.82) is 0 Å². The molecule has 2 nitrogen and oxygen atoms in total. The second kappa shape index (κ2) is 9.38. The molecule has 0 aliphatic rings. The summed E-state index contributed by atoms with van der Waals surface area (Å²) in [7, 11) is 1.67. The number of aliphatic imine (C=N–C) groups is 1. The third-order valence-corrected chi connectivity index (χ3v) is 4.02. The number of hydrogen-bond donors (Lipinski definition) is 0. The fourth-order valence-electron chi connectivity index (χ4n) is 2.68. The van der Waals surface area contributed by atoms with Crippen LogP contribution < -0.4 is 4.74 Å². The van der Waals surface area contributed by atoms with Crippen LogP contribution in [0.1, 0.15) is 30.5 Å². The number of ether oxygens (including phenoxy) is 1. The Labute approximate surface area is 156 Å². The van der Waals surface area contributed by atoms with Gasteiger partial charge in [-0.15, -0.1) is 0 Å². The first-order valence-corrected chi connectivity index (χ1v) is 8.53. The van der Waals surface area contributed by atoms with Crippen molar-refractivity contribution in [2.24, 2.45) is 4.99 Å². The zero-order valence-corrected chi connectivity index (χ0v) is 15.7. The highest BCUT2D eigenvalue weighted by Gasteiger charge is 2.08. The highest BCUT2D eigenvalue weighted by atomic mass is 16.5. The lowest BCUT2D eigenvalue weighted by molar-refractivity contribution is 0.571. The quantitative estimate of drug-likeness (QED) is 0.322. The molecule has 0 aliphatic carbocycles. The van der Waals surface area contributed by atoms with Crippen LogP contribution in [0.25, 0.3) is 17.2 Å². The molecule has 132 valence electrons. The molecule has 0 aliphatic heterocycles. The molecule has 2 rings (SSSR count). The SMILES string of the molecule is C=C(/C(C)=C/C(=C)c1ccccc1OC=NC)c1ccccc1C=CC. The Bertz CT molecular complexity index is 885. The monoisotopic (exact) mass is 343 g/mol. The topological polar surface area (TPSA) is 21.6 Å². The summed E-state index contributed by atoms with van der Waals surface area (Å²) in [6.07, 6.45) is 7.60. The van der Waals surface area contributed by atoms with Gasteiger partial charge in [-0.25, -0.2) is 0 Å². The van der Waals surface area contributed by atoms with E-state index >= 15 is 0 Å². The van der Waals surface area contributed by atoms with E-state index < -0.39 is 0 Å². The molecule has 0 aromatic heterocycles. The average molecular weight is 343 g/mol. The number of para-hydroxylation sites is 1. The third kappa shape index (κ3) is 4.70. The van der Waals surface area contributed by atoms with Gasteiger partial charge in [-0.3, -0.25) is 4.99 Å². The largest absolute Gasteiger partial charge is 0.446 e. The predicted molar refractivity (Wildman–Crippen MR) is 114 cm³/mol. The van der Waals surface area contributed by atoms with E-state index in [1.165, 1.54) is 6.40 Å². The van der Waals surface area contributed by atoms with Crippen LogP contribution in [0.3, 0.4) is 0 Å². The van der Waals surface area contributed by atoms with E-state index in [0.29, 0.717) is 0 Å². The lowest BCUT2D eigenvalue weighted by Gasteiger charge is -2.12. The molecule has 0 radical (unpaired) electrons. The minimum Gasteiger partial charge on any atom is -0.446 e. The predicted octanol–water partition coefficient (Wildman–Crippen LogP) is 6.43. The van der Waals surface area contributed by atoms with Gasteiger partial charge in [0.15, 0.2) is 6.40 Å². The van der Waals surface area contributed by atoms with Gasteiger partial charge in [0.2, 0.25) is 0 Å². The smallest absolute Gasteiger partial charge is 0.176 e. The first kappa shape index (κ1) is 19.2. The van der Waals surface area contributed by atoms with Crippen LogP contribution >= 0.6 is 0 Å². The van der Waals surface area contributed by atoms with E-state index in [9.17, 15) is 0 Å². The van der Waals surface area contributed by atoms with Crippen LogP contribution in [0.2, 0.25) is 0 Å². The Kier molecular flexibility index (Phi) is 6.92. The number of nitrogens with zero attached hydrogens (tertiary/aromatic N) is 1. The molecule has 0 unspecified atom stereocenters. The van der Waals surface area contributed by atoms with Gasteiger partial charge in [0, 0.05) is 12.6 Å². The Balaban J connectivity index is 2.33. The summed E-state index contributed by atoms with van der Waals surface area (Å²) in [5.74, 6) is 0.729. The molecule has 0 bridgehead atoms. The molecule has 0 atom stereocenters. The molecule has 26 heavy (non-hydrogen) atoms. The van der Waals surface area contributed by atoms with E-state index in [0.717, 1.165) is 39.2 Å². The van der Waals surface area contributed by atoms with Crippen molar-refractivity contribution in [3.8, 4) is 5.75 Å². The van der Waals surface area contributed by atoms with Gasteiger partial charge in [0.25, 0.3) is 0 Å². The Morgan fingerprint density at radius 1 is 1.00 bits per heavy atom. The second-order valence-electron chi connectivity index (χ2n) is 5.90. The Morgan fingerprint density at radius 3 is 2.35 bits per heavy atom. The van der Waals surface area contributed by atoms with Crippen molar-refractivity contribution in [2.45, 2.75) is 13.8 Å². The Hall–Kier alpha value is -3.13. The highest BCUT2D eigenvalue weighted by Crippen LogP contribution is 2.30. The summed E-state index contributed by atoms with van der Waals surface area (Å²) in [5.41, 5.74) is 6.11. The van der Waals surface area contributed by atoms with Crippen LogP contribution in [0.4, 0.5) is 0 Å². The third-order valence-electron chi connectivity index (χ3n) is 4.02. The molecule has 0 heterocycles. The van der Waals surface area contributed by atoms with Crippen molar-refractivity contribution < 1.29 is 4.74 Å². The van der Waals surface area contributed by atoms with Crippen molar-refractivity contribution in [2.75, 3.05) is 7.05 Å². The van der Waals surface area contributed by atoms with Crippen LogP contribution in [0.15, 0.2) is 84.4 Å². The lowest BCUT2D eigenvalue weighted by atomic mass is 9.93. The molecule has 2 aromatic rings. The molecular formula is C24H25NO. The zero-order valence-electron chi connectivity index (χ0n) is 15.7. The molecule has 2 heteroatoms. The highest BCUT2D eigenvalue weighted by molar-refractivity contribution is 5.87. The van der Waals surface area contributed by atoms with Crippen LogP contribution in [0, 0.1) is 0 Å². The number of benzene rings is 2. The molecule has 0 saturated heterocycles. The van der Waals surface area contributed by atoms with Crippen molar-refractivity contribution >= 4 is 23.6 Å². The molecule has 2 aromatic carbocycles. The minimum atomic E-state index is 0.729. The molecular weight excluding hydrogens is 318 g/mol. The number of hydrogen-bond acceptors (Lipinski definition) is 2. The maximum absolute atomic E-state index is 5.57. The fraction of sp³-hybridized carbons (Fsp3) is 0.125. The standard InChI is InChI=1S/C24H25NO/c1-6-11-21-12-7-8-14-23(21)20(4)18(2)16-19(3)22-13-9-10-15-24(22)26-17-25-5/h6-17H,3-4H2,1-2,5H3/b11-6?,18-16+,25-17?. The first-order chi connectivity index (χ1) is 12.6. The van der Waals surface area contributed by atoms with Gasteiger partial charge in [-0.05, 0) is 47.8 Å². The lowest BCUT2D eigenvalue weighted by Crippen LogP contribution is -1.94. The summed E-state index contributed by atoms with van der Waals surface area (Å²) in [6.45, 7) is 12.6. The number of rotatable bonds is 7. The maximum Gasteiger partial charge on any atom is 0.176 e. The molecule has 0 fully saturated rings. The summed E-state index contributed by atoms with van der Waals surface area (Å²) in [4.78, 5) is 3.87. The summed E-state index contributed by atoms with van der Waals surface area (Å²) < 4.78 is 5.57. The normalized spacial score (nSPS) is 11.9. The summed E-state index contributed by atoms with van der Waals surface area (Å²) in [5, 5.41) is 0. The van der Waals surface area contributed by atoms with Gasteiger partial charge >= 0.3 is 0 Å². The summed E-state index contributed by atoms with van der Waals surface area (Å²) in [6, 6.07) is 16.0. The minimum absolute atomic E-state index is 0.729. The molecule has 0 amide bonds. The Morgan fingerprint density at radius 2 is 1.65 bits per heavy atom. The van der Waals surface area contributed by atoms with E-state index in [1.807, 2.05) is 55.5 Å². The van der Waals surface area contributed by atoms with Gasteiger partial charge in [0.1, 0.15) is 5.75 Å². The van der Waals surface area contributed by atoms with E-state index in [-0.39, 0.29) is 0 Å². The maximum atomic E-state index is 5.57. The van der Waals surface area contributed by atoms with E-state index in [1.54, 1.807) is 7.05 Å². The van der Waals surface area contributed by atoms with E-state index in [4.69, 9.17) is 4.74 Å². The van der Waals surface area contributed by atoms with Crippen molar-refractivity contribution in [1.82, 2.24) is 0 Å². The molecule has 0 spiro atoms. The first-order valence-electron chi connectivity index (χ1n) is 8.53. The fourth-order valence-corrected chi connectivity index (χ4v) is 2.68. The molecule has 0 N–H and O–H groups in total. The number of allylic oxidation sites excluding steroid dienone is 5. The summed E-state index contributed by atoms with van der Waals surface area (Å²) >= 11 is 0. The molecule has 0 saturated carbocycles. The van der Waals surface area contributed by atoms with Crippen LogP contribution in [-0.2, 0) is 0 Å². The zero-order chi connectivity index (χ0) is 18.9. The van der Waals surface area contributed by atoms with E-state index in [2.05, 4.69) is 43.3 Å². The van der Waals surface area contributed by atoms with Crippen molar-refractivity contribution in [3.05, 3.63) is 96.1 Å². The van der Waals surface area contributed by atoms with Crippen LogP contribution in [-0.4, -0.2) is 13.4 Å². The van der Waals surface area contributed by atoms with Gasteiger partial charge in [0.05, 0.1) is 0 Å². The van der Waals surface area contributed by atoms with Gasteiger partial charge in [-0.1, -0.05) is 73.9 Å². The van der Waals surface area contributed by atoms with Gasteiger partial charge in [-0.2, -0.15) is 0 Å². The van der Waals surface area contributed by atoms with Crippen LogP contribution in [0.5, 0.6) is 5.75 Å². The second-order valence-corrected chi connectivity index (χ2v) is 5.90.